The zero-order valence-electron chi connectivity index (χ0n) is 20.6. The minimum absolute atomic E-state index is 0.230. The van der Waals surface area contributed by atoms with E-state index in [0.717, 1.165) is 18.4 Å². The van der Waals surface area contributed by atoms with Crippen LogP contribution in [0.3, 0.4) is 0 Å². The molecule has 0 unspecified atom stereocenters. The van der Waals surface area contributed by atoms with Crippen LogP contribution in [-0.2, 0) is 9.47 Å². The van der Waals surface area contributed by atoms with Gasteiger partial charge in [-0.05, 0) is 81.0 Å². The van der Waals surface area contributed by atoms with Crippen molar-refractivity contribution in [2.75, 3.05) is 26.7 Å². The van der Waals surface area contributed by atoms with Gasteiger partial charge >= 0.3 is 12.1 Å². The summed E-state index contributed by atoms with van der Waals surface area (Å²) in [7, 11) is 1.29. The lowest BCUT2D eigenvalue weighted by Gasteiger charge is -2.33. The molecule has 1 saturated heterocycles. The number of rotatable bonds is 5. The highest BCUT2D eigenvalue weighted by Crippen LogP contribution is 2.25. The molecule has 0 aliphatic carbocycles. The van der Waals surface area contributed by atoms with Gasteiger partial charge in [0.1, 0.15) is 5.60 Å². The van der Waals surface area contributed by atoms with Crippen molar-refractivity contribution in [1.82, 2.24) is 10.2 Å². The first kappa shape index (κ1) is 25.8. The van der Waals surface area contributed by atoms with Crippen molar-refractivity contribution in [3.05, 3.63) is 59.2 Å². The number of esters is 1. The van der Waals surface area contributed by atoms with Crippen LogP contribution < -0.4 is 5.32 Å². The zero-order chi connectivity index (χ0) is 25.6. The molecule has 2 aromatic carbocycles. The lowest BCUT2D eigenvalue weighted by Crippen LogP contribution is -2.43. The first-order chi connectivity index (χ1) is 16.6. The average molecular weight is 478 g/mol. The minimum Gasteiger partial charge on any atom is -0.465 e. The number of piperidine rings is 1. The fourth-order valence-electron chi connectivity index (χ4n) is 3.91. The van der Waals surface area contributed by atoms with Crippen LogP contribution in [0, 0.1) is 17.2 Å². The van der Waals surface area contributed by atoms with Crippen LogP contribution in [0.1, 0.15) is 59.9 Å². The van der Waals surface area contributed by atoms with Gasteiger partial charge in [-0.2, -0.15) is 5.26 Å². The van der Waals surface area contributed by atoms with Crippen molar-refractivity contribution < 1.29 is 23.9 Å². The molecule has 1 fully saturated rings. The highest BCUT2D eigenvalue weighted by atomic mass is 16.6. The van der Waals surface area contributed by atoms with Crippen LogP contribution in [-0.4, -0.2) is 55.2 Å². The van der Waals surface area contributed by atoms with E-state index in [0.29, 0.717) is 36.3 Å². The number of nitrogens with one attached hydrogen (secondary N) is 1. The molecule has 1 N–H and O–H groups in total. The molecule has 35 heavy (non-hydrogen) atoms. The number of likely N-dealkylation sites (tertiary alicyclic amines) is 1. The molecule has 8 nitrogen and oxygen atoms in total. The monoisotopic (exact) mass is 477 g/mol. The van der Waals surface area contributed by atoms with Gasteiger partial charge in [0.15, 0.2) is 0 Å². The van der Waals surface area contributed by atoms with E-state index in [4.69, 9.17) is 9.47 Å². The second-order valence-corrected chi connectivity index (χ2v) is 9.60. The zero-order valence-corrected chi connectivity index (χ0v) is 20.6. The highest BCUT2D eigenvalue weighted by molar-refractivity contribution is 5.99. The first-order valence-electron chi connectivity index (χ1n) is 11.6. The van der Waals surface area contributed by atoms with Gasteiger partial charge < -0.3 is 19.7 Å². The lowest BCUT2D eigenvalue weighted by molar-refractivity contribution is 0.0183. The summed E-state index contributed by atoms with van der Waals surface area (Å²) < 4.78 is 10.3. The number of nitriles is 1. The molecule has 1 aliphatic heterocycles. The summed E-state index contributed by atoms with van der Waals surface area (Å²) in [6, 6.07) is 13.9. The molecule has 0 saturated carbocycles. The van der Waals surface area contributed by atoms with E-state index >= 15 is 0 Å². The Hall–Kier alpha value is -3.86. The molecule has 1 heterocycles. The molecule has 0 atom stereocenters. The summed E-state index contributed by atoms with van der Waals surface area (Å²) in [6.07, 6.45) is 1.20. The Morgan fingerprint density at radius 3 is 2.37 bits per heavy atom. The second-order valence-electron chi connectivity index (χ2n) is 9.60. The Balaban J connectivity index is 1.67. The van der Waals surface area contributed by atoms with E-state index in [1.54, 1.807) is 35.2 Å². The van der Waals surface area contributed by atoms with Gasteiger partial charge in [0.05, 0.1) is 24.3 Å². The summed E-state index contributed by atoms with van der Waals surface area (Å²) in [5.41, 5.74) is 1.89. The van der Waals surface area contributed by atoms with E-state index in [1.807, 2.05) is 26.8 Å². The van der Waals surface area contributed by atoms with Crippen molar-refractivity contribution in [3.63, 3.8) is 0 Å². The molecule has 0 bridgehead atoms. The normalized spacial score (nSPS) is 14.1. The molecule has 1 aliphatic rings. The molecule has 0 radical (unpaired) electrons. The van der Waals surface area contributed by atoms with Gasteiger partial charge in [0, 0.05) is 25.2 Å². The van der Waals surface area contributed by atoms with E-state index in [-0.39, 0.29) is 23.5 Å². The molecule has 2 aromatic rings. The number of nitrogens with zero attached hydrogens (tertiary/aromatic N) is 2. The van der Waals surface area contributed by atoms with Gasteiger partial charge in [-0.3, -0.25) is 4.79 Å². The molecule has 0 spiro atoms. The lowest BCUT2D eigenvalue weighted by atomic mass is 9.96. The number of hydrogen-bond acceptors (Lipinski definition) is 6. The van der Waals surface area contributed by atoms with E-state index < -0.39 is 11.6 Å². The topological polar surface area (TPSA) is 109 Å². The smallest absolute Gasteiger partial charge is 0.410 e. The second kappa shape index (κ2) is 11.0. The molecule has 184 valence electrons. The Labute approximate surface area is 205 Å². The highest BCUT2D eigenvalue weighted by Gasteiger charge is 2.27. The quantitative estimate of drug-likeness (QED) is 0.640. The maximum atomic E-state index is 13.0. The first-order valence-corrected chi connectivity index (χ1v) is 11.6. The molecule has 2 amide bonds. The minimum atomic E-state index is -0.549. The fourth-order valence-corrected chi connectivity index (χ4v) is 3.91. The van der Waals surface area contributed by atoms with Gasteiger partial charge in [-0.1, -0.05) is 12.1 Å². The fraction of sp³-hybridized carbons (Fsp3) is 0.407. The van der Waals surface area contributed by atoms with Gasteiger partial charge in [-0.15, -0.1) is 0 Å². The molecule has 3 rings (SSSR count). The number of hydrogen-bond donors (Lipinski definition) is 1. The van der Waals surface area contributed by atoms with Crippen LogP contribution >= 0.6 is 0 Å². The Morgan fingerprint density at radius 2 is 1.74 bits per heavy atom. The number of amides is 2. The van der Waals surface area contributed by atoms with E-state index in [1.165, 1.54) is 13.2 Å². The van der Waals surface area contributed by atoms with Gasteiger partial charge in [0.2, 0.25) is 0 Å². The number of carbonyl (C=O) groups excluding carboxylic acids is 3. The number of ether oxygens (including phenoxy) is 2. The van der Waals surface area contributed by atoms with Crippen molar-refractivity contribution in [2.24, 2.45) is 5.92 Å². The largest absolute Gasteiger partial charge is 0.465 e. The summed E-state index contributed by atoms with van der Waals surface area (Å²) in [6.45, 7) is 7.14. The van der Waals surface area contributed by atoms with E-state index in [2.05, 4.69) is 11.4 Å². The third-order valence-corrected chi connectivity index (χ3v) is 5.76. The summed E-state index contributed by atoms with van der Waals surface area (Å²) in [5.74, 6) is -0.622. The van der Waals surface area contributed by atoms with Gasteiger partial charge in [0.25, 0.3) is 5.91 Å². The Kier molecular flexibility index (Phi) is 8.13. The average Bonchev–Trinajstić information content (AvgIpc) is 2.85. The third-order valence-electron chi connectivity index (χ3n) is 5.76. The standard InChI is InChI=1S/C27H31N3O5/c1-27(2,3)35-26(33)30-10-8-18(9-11-30)17-29-24(31)22-13-21(14-23(15-22)25(32)34-4)20-7-5-6-19(12-20)16-28/h5-7,12-15,18H,8-11,17H2,1-4H3,(H,29,31). The van der Waals surface area contributed by atoms with Crippen molar-refractivity contribution in [3.8, 4) is 17.2 Å². The summed E-state index contributed by atoms with van der Waals surface area (Å²) in [5, 5.41) is 12.2. The maximum absolute atomic E-state index is 13.0. The van der Waals surface area contributed by atoms with Crippen molar-refractivity contribution >= 4 is 18.0 Å². The Bertz CT molecular complexity index is 1140. The predicted molar refractivity (Wildman–Crippen MR) is 131 cm³/mol. The van der Waals surface area contributed by atoms with Crippen LogP contribution in [0.15, 0.2) is 42.5 Å². The van der Waals surface area contributed by atoms with Crippen LogP contribution in [0.4, 0.5) is 4.79 Å². The predicted octanol–water partition coefficient (Wildman–Crippen LogP) is 4.39. The molecule has 0 aromatic heterocycles. The number of benzene rings is 2. The van der Waals surface area contributed by atoms with Crippen LogP contribution in [0.5, 0.6) is 0 Å². The van der Waals surface area contributed by atoms with Crippen molar-refractivity contribution in [1.29, 1.82) is 5.26 Å². The summed E-state index contributed by atoms with van der Waals surface area (Å²) in [4.78, 5) is 39.2. The SMILES string of the molecule is COC(=O)c1cc(C(=O)NCC2CCN(C(=O)OC(C)(C)C)CC2)cc(-c2cccc(C#N)c2)c1. The van der Waals surface area contributed by atoms with Gasteiger partial charge in [-0.25, -0.2) is 9.59 Å². The van der Waals surface area contributed by atoms with Crippen LogP contribution in [0.25, 0.3) is 11.1 Å². The van der Waals surface area contributed by atoms with Crippen LogP contribution in [0.2, 0.25) is 0 Å². The molecule has 8 heteroatoms. The number of carbonyl (C=O) groups is 3. The van der Waals surface area contributed by atoms with Crippen molar-refractivity contribution in [2.45, 2.75) is 39.2 Å². The maximum Gasteiger partial charge on any atom is 0.410 e. The molecular weight excluding hydrogens is 446 g/mol. The van der Waals surface area contributed by atoms with E-state index in [9.17, 15) is 19.6 Å². The molecular formula is C27H31N3O5. The summed E-state index contributed by atoms with van der Waals surface area (Å²) >= 11 is 0. The Morgan fingerprint density at radius 1 is 1.06 bits per heavy atom. The third kappa shape index (κ3) is 7.06. The number of methoxy groups -OCH3 is 1.